The second-order valence-corrected chi connectivity index (χ2v) is 4.68. The molecule has 2 aromatic rings. The fraction of sp³-hybridized carbons (Fsp3) is 0.143. The molecule has 98 valence electrons. The molecule has 19 heavy (non-hydrogen) atoms. The van der Waals surface area contributed by atoms with Crippen LogP contribution in [0.3, 0.4) is 0 Å². The molecule has 0 radical (unpaired) electrons. The molecular weight excluding hydrogens is 258 g/mol. The number of nitrogens with zero attached hydrogens (tertiary/aromatic N) is 1. The van der Waals surface area contributed by atoms with Gasteiger partial charge in [-0.1, -0.05) is 12.1 Å². The van der Waals surface area contributed by atoms with Crippen LogP contribution in [0.1, 0.15) is 16.9 Å². The minimum absolute atomic E-state index is 0.122. The van der Waals surface area contributed by atoms with Crippen molar-refractivity contribution >= 4 is 23.5 Å². The number of hydrogen-bond acceptors (Lipinski definition) is 3. The Balaban J connectivity index is 2.18. The topological polar surface area (TPSA) is 63.5 Å². The van der Waals surface area contributed by atoms with Crippen LogP contribution in [0.5, 0.6) is 0 Å². The average molecular weight is 273 g/mol. The number of rotatable bonds is 3. The molecule has 2 rings (SSSR count). The third-order valence-electron chi connectivity index (χ3n) is 2.78. The van der Waals surface area contributed by atoms with Crippen LogP contribution < -0.4 is 11.2 Å². The molecule has 5 heteroatoms. The lowest BCUT2D eigenvalue weighted by atomic mass is 10.1. The van der Waals surface area contributed by atoms with Crippen LogP contribution in [0, 0.1) is 13.8 Å². The highest BCUT2D eigenvalue weighted by Crippen LogP contribution is 2.23. The summed E-state index contributed by atoms with van der Waals surface area (Å²) in [7, 11) is 0. The molecule has 0 spiro atoms. The Hall–Kier alpha value is -2.14. The monoisotopic (exact) mass is 273 g/mol. The van der Waals surface area contributed by atoms with E-state index in [0.29, 0.717) is 5.76 Å². The second-order valence-electron chi connectivity index (χ2n) is 4.24. The minimum atomic E-state index is 0.122. The van der Waals surface area contributed by atoms with E-state index in [4.69, 9.17) is 10.2 Å². The van der Waals surface area contributed by atoms with E-state index in [2.05, 4.69) is 48.7 Å². The lowest BCUT2D eigenvalue weighted by Gasteiger charge is -2.02. The van der Waals surface area contributed by atoms with Gasteiger partial charge < -0.3 is 10.2 Å². The molecule has 0 aliphatic carbocycles. The van der Waals surface area contributed by atoms with E-state index in [9.17, 15) is 0 Å². The number of hydrogen-bond donors (Lipinski definition) is 2. The second kappa shape index (κ2) is 5.67. The Morgan fingerprint density at radius 2 is 2.05 bits per heavy atom. The maximum absolute atomic E-state index is 5.67. The van der Waals surface area contributed by atoms with Crippen molar-refractivity contribution in [3.05, 3.63) is 47.2 Å². The Morgan fingerprint density at radius 1 is 1.26 bits per heavy atom. The van der Waals surface area contributed by atoms with Gasteiger partial charge in [-0.25, -0.2) is 0 Å². The van der Waals surface area contributed by atoms with E-state index in [1.54, 1.807) is 0 Å². The summed E-state index contributed by atoms with van der Waals surface area (Å²) in [6.45, 7) is 4.16. The third-order valence-corrected chi connectivity index (χ3v) is 2.88. The van der Waals surface area contributed by atoms with Crippen LogP contribution in [0.2, 0.25) is 0 Å². The summed E-state index contributed by atoms with van der Waals surface area (Å²) in [4.78, 5) is 0. The maximum atomic E-state index is 5.67. The van der Waals surface area contributed by atoms with Gasteiger partial charge in [0, 0.05) is 5.56 Å². The first-order chi connectivity index (χ1) is 9.06. The Labute approximate surface area is 117 Å². The van der Waals surface area contributed by atoms with Gasteiger partial charge in [0.15, 0.2) is 5.11 Å². The molecule has 1 aromatic heterocycles. The summed E-state index contributed by atoms with van der Waals surface area (Å²) in [5.41, 5.74) is 11.3. The van der Waals surface area contributed by atoms with Gasteiger partial charge >= 0.3 is 0 Å². The number of furan rings is 1. The highest BCUT2D eigenvalue weighted by Gasteiger charge is 2.04. The summed E-state index contributed by atoms with van der Waals surface area (Å²) in [6.07, 6.45) is 1.53. The fourth-order valence-corrected chi connectivity index (χ4v) is 1.68. The van der Waals surface area contributed by atoms with Crippen LogP contribution in [-0.4, -0.2) is 11.3 Å². The summed E-state index contributed by atoms with van der Waals surface area (Å²) < 4.78 is 5.67. The van der Waals surface area contributed by atoms with Crippen molar-refractivity contribution in [2.24, 2.45) is 10.8 Å². The smallest absolute Gasteiger partial charge is 0.184 e. The number of nitrogens with two attached hydrogens (primary N) is 1. The zero-order valence-corrected chi connectivity index (χ0v) is 11.6. The third kappa shape index (κ3) is 3.42. The molecule has 0 bridgehead atoms. The molecule has 4 nitrogen and oxygen atoms in total. The Bertz CT molecular complexity index is 631. The number of thiocarbonyl (C=S) groups is 1. The van der Waals surface area contributed by atoms with Gasteiger partial charge in [0.05, 0.1) is 6.21 Å². The van der Waals surface area contributed by atoms with Crippen molar-refractivity contribution in [2.45, 2.75) is 13.8 Å². The lowest BCUT2D eigenvalue weighted by molar-refractivity contribution is 0.574. The first-order valence-electron chi connectivity index (χ1n) is 5.82. The van der Waals surface area contributed by atoms with Gasteiger partial charge in [-0.15, -0.1) is 0 Å². The van der Waals surface area contributed by atoms with Crippen LogP contribution in [0.15, 0.2) is 39.9 Å². The van der Waals surface area contributed by atoms with Crippen molar-refractivity contribution in [3.8, 4) is 11.3 Å². The number of benzene rings is 1. The summed E-state index contributed by atoms with van der Waals surface area (Å²) in [6, 6.07) is 9.97. The zero-order chi connectivity index (χ0) is 13.8. The largest absolute Gasteiger partial charge is 0.455 e. The van der Waals surface area contributed by atoms with E-state index in [0.717, 1.165) is 11.3 Å². The number of hydrazone groups is 1. The molecule has 0 unspecified atom stereocenters. The van der Waals surface area contributed by atoms with Crippen molar-refractivity contribution < 1.29 is 4.42 Å². The van der Waals surface area contributed by atoms with E-state index < -0.39 is 0 Å². The first kappa shape index (κ1) is 13.3. The van der Waals surface area contributed by atoms with Crippen molar-refractivity contribution in [1.82, 2.24) is 5.43 Å². The van der Waals surface area contributed by atoms with Gasteiger partial charge in [-0.2, -0.15) is 5.10 Å². The molecule has 0 saturated heterocycles. The maximum Gasteiger partial charge on any atom is 0.184 e. The minimum Gasteiger partial charge on any atom is -0.455 e. The van der Waals surface area contributed by atoms with Crippen molar-refractivity contribution in [2.75, 3.05) is 0 Å². The van der Waals surface area contributed by atoms with E-state index >= 15 is 0 Å². The van der Waals surface area contributed by atoms with E-state index in [1.165, 1.54) is 17.3 Å². The van der Waals surface area contributed by atoms with Crippen LogP contribution in [0.4, 0.5) is 0 Å². The standard InChI is InChI=1S/C14H15N3OS/c1-9-3-4-11(7-10(9)2)13-6-5-12(18-13)8-16-17-14(15)19/h3-8H,1-2H3,(H3,15,17,19)/b16-8+. The first-order valence-corrected chi connectivity index (χ1v) is 6.23. The van der Waals surface area contributed by atoms with Crippen molar-refractivity contribution in [3.63, 3.8) is 0 Å². The highest BCUT2D eigenvalue weighted by molar-refractivity contribution is 7.80. The van der Waals surface area contributed by atoms with E-state index in [-0.39, 0.29) is 5.11 Å². The predicted octanol–water partition coefficient (Wildman–Crippen LogP) is 2.73. The predicted molar refractivity (Wildman–Crippen MR) is 81.1 cm³/mol. The molecule has 1 heterocycles. The average Bonchev–Trinajstić information content (AvgIpc) is 2.81. The summed E-state index contributed by atoms with van der Waals surface area (Å²) >= 11 is 4.64. The molecule has 0 atom stereocenters. The normalized spacial score (nSPS) is 10.8. The molecule has 3 N–H and O–H groups in total. The zero-order valence-electron chi connectivity index (χ0n) is 10.8. The van der Waals surface area contributed by atoms with Gasteiger partial charge in [0.25, 0.3) is 0 Å². The van der Waals surface area contributed by atoms with Crippen LogP contribution in [0.25, 0.3) is 11.3 Å². The SMILES string of the molecule is Cc1ccc(-c2ccc(/C=N/NC(N)=S)o2)cc1C. The molecule has 0 aliphatic heterocycles. The van der Waals surface area contributed by atoms with Gasteiger partial charge in [0.2, 0.25) is 0 Å². The van der Waals surface area contributed by atoms with Crippen molar-refractivity contribution in [1.29, 1.82) is 0 Å². The molecule has 0 amide bonds. The number of nitrogens with one attached hydrogen (secondary N) is 1. The molecule has 0 saturated carbocycles. The Morgan fingerprint density at radius 3 is 2.74 bits per heavy atom. The highest BCUT2D eigenvalue weighted by atomic mass is 32.1. The quantitative estimate of drug-likeness (QED) is 0.513. The van der Waals surface area contributed by atoms with E-state index in [1.807, 2.05) is 18.2 Å². The summed E-state index contributed by atoms with van der Waals surface area (Å²) in [5.74, 6) is 1.44. The Kier molecular flexibility index (Phi) is 3.97. The number of aryl methyl sites for hydroxylation is 2. The van der Waals surface area contributed by atoms with Gasteiger partial charge in [-0.3, -0.25) is 5.43 Å². The molecular formula is C14H15N3OS. The molecule has 1 aromatic carbocycles. The fourth-order valence-electron chi connectivity index (χ4n) is 1.63. The van der Waals surface area contributed by atoms with Crippen LogP contribution >= 0.6 is 12.2 Å². The van der Waals surface area contributed by atoms with Gasteiger partial charge in [0.1, 0.15) is 11.5 Å². The molecule has 0 aliphatic rings. The lowest BCUT2D eigenvalue weighted by Crippen LogP contribution is -2.23. The molecule has 0 fully saturated rings. The summed E-state index contributed by atoms with van der Waals surface area (Å²) in [5, 5.41) is 3.97. The van der Waals surface area contributed by atoms with Crippen LogP contribution in [-0.2, 0) is 0 Å². The van der Waals surface area contributed by atoms with Gasteiger partial charge in [-0.05, 0) is 55.4 Å².